The Morgan fingerprint density at radius 1 is 1.22 bits per heavy atom. The molecule has 0 aliphatic carbocycles. The summed E-state index contributed by atoms with van der Waals surface area (Å²) in [4.78, 5) is -0.437. The fraction of sp³-hybridized carbons (Fsp3) is 0. The molecule has 6 nitrogen and oxygen atoms in total. The van der Waals surface area contributed by atoms with E-state index in [0.717, 1.165) is 6.07 Å². The van der Waals surface area contributed by atoms with E-state index in [9.17, 15) is 13.0 Å². The second-order valence-electron chi connectivity index (χ2n) is 4.30. The zero-order chi connectivity index (χ0) is 17.2. The van der Waals surface area contributed by atoms with Gasteiger partial charge in [0, 0.05) is 11.1 Å². The van der Waals surface area contributed by atoms with E-state index in [2.05, 4.69) is 17.5 Å². The Bertz CT molecular complexity index is 872. The number of ether oxygens (including phenoxy) is 1. The Morgan fingerprint density at radius 2 is 1.91 bits per heavy atom. The molecule has 0 atom stereocenters. The Morgan fingerprint density at radius 3 is 2.48 bits per heavy atom. The third-order valence-electron chi connectivity index (χ3n) is 2.61. The van der Waals surface area contributed by atoms with Crippen LogP contribution in [0.2, 0.25) is 10.0 Å². The number of nitrogens with two attached hydrogens (primary N) is 1. The van der Waals surface area contributed by atoms with Gasteiger partial charge in [-0.25, -0.2) is 0 Å². The first-order valence-corrected chi connectivity index (χ1v) is 8.58. The van der Waals surface area contributed by atoms with E-state index in [1.807, 2.05) is 0 Å². The lowest BCUT2D eigenvalue weighted by Crippen LogP contribution is -2.20. The average Bonchev–Trinajstić information content (AvgIpc) is 2.41. The molecule has 0 aliphatic rings. The Hall–Kier alpha value is -1.58. The maximum absolute atomic E-state index is 11.5. The quantitative estimate of drug-likeness (QED) is 0.538. The summed E-state index contributed by atoms with van der Waals surface area (Å²) >= 11 is 16.4. The monoisotopic (exact) mass is 392 g/mol. The van der Waals surface area contributed by atoms with E-state index in [0.29, 0.717) is 5.02 Å². The van der Waals surface area contributed by atoms with Crippen LogP contribution in [-0.4, -0.2) is 18.1 Å². The summed E-state index contributed by atoms with van der Waals surface area (Å²) in [5.41, 5.74) is 5.34. The maximum atomic E-state index is 11.5. The van der Waals surface area contributed by atoms with Gasteiger partial charge in [-0.2, -0.15) is 8.42 Å². The van der Waals surface area contributed by atoms with Crippen molar-refractivity contribution in [3.05, 3.63) is 46.4 Å². The molecule has 0 unspecified atom stereocenters. The summed E-state index contributed by atoms with van der Waals surface area (Å²) in [5.74, 6) is 0.405. The van der Waals surface area contributed by atoms with Crippen molar-refractivity contribution in [1.82, 2.24) is 0 Å². The highest BCUT2D eigenvalue weighted by Crippen LogP contribution is 2.34. The molecule has 0 aliphatic heterocycles. The molecule has 0 aromatic heterocycles. The Labute approximate surface area is 147 Å². The number of halogens is 2. The normalized spacial score (nSPS) is 11.1. The molecule has 0 radical (unpaired) electrons. The number of hydrogen-bond donors (Lipinski definition) is 3. The Balaban J connectivity index is 2.43. The molecule has 0 saturated heterocycles. The molecule has 0 spiro atoms. The van der Waals surface area contributed by atoms with Crippen LogP contribution in [0.15, 0.2) is 41.3 Å². The van der Waals surface area contributed by atoms with E-state index in [1.54, 1.807) is 6.07 Å². The lowest BCUT2D eigenvalue weighted by Gasteiger charge is -2.12. The molecule has 2 aromatic carbocycles. The van der Waals surface area contributed by atoms with Gasteiger partial charge in [0.1, 0.15) is 16.4 Å². The Kier molecular flexibility index (Phi) is 5.33. The van der Waals surface area contributed by atoms with Gasteiger partial charge in [0.2, 0.25) is 0 Å². The minimum absolute atomic E-state index is 0.0227. The van der Waals surface area contributed by atoms with Crippen LogP contribution >= 0.6 is 35.4 Å². The van der Waals surface area contributed by atoms with Crippen molar-refractivity contribution in [1.29, 1.82) is 0 Å². The summed E-state index contributed by atoms with van der Waals surface area (Å²) in [6, 6.07) is 8.49. The molecule has 0 heterocycles. The number of hydrogen-bond acceptors (Lipinski definition) is 4. The molecule has 10 heteroatoms. The number of thiocarbonyl (C=S) groups is 1. The molecule has 2 rings (SSSR count). The molecular formula is C13H10Cl2N2O4S2. The van der Waals surface area contributed by atoms with Crippen molar-refractivity contribution >= 4 is 56.3 Å². The fourth-order valence-corrected chi connectivity index (χ4v) is 2.92. The molecule has 23 heavy (non-hydrogen) atoms. The van der Waals surface area contributed by atoms with Gasteiger partial charge >= 0.3 is 0 Å². The van der Waals surface area contributed by atoms with Crippen LogP contribution in [0.1, 0.15) is 0 Å². The minimum atomic E-state index is -4.52. The third kappa shape index (κ3) is 4.69. The van der Waals surface area contributed by atoms with Crippen LogP contribution in [0.3, 0.4) is 0 Å². The topological polar surface area (TPSA) is 102 Å². The van der Waals surface area contributed by atoms with Gasteiger partial charge in [-0.3, -0.25) is 4.55 Å². The van der Waals surface area contributed by atoms with Crippen LogP contribution in [0.4, 0.5) is 5.69 Å². The summed E-state index contributed by atoms with van der Waals surface area (Å²) < 4.78 is 37.8. The van der Waals surface area contributed by atoms with Gasteiger partial charge in [-0.1, -0.05) is 23.2 Å². The van der Waals surface area contributed by atoms with Crippen molar-refractivity contribution < 1.29 is 17.7 Å². The lowest BCUT2D eigenvalue weighted by molar-refractivity contribution is 0.472. The lowest BCUT2D eigenvalue weighted by atomic mass is 10.3. The van der Waals surface area contributed by atoms with Crippen LogP contribution in [0.5, 0.6) is 11.5 Å². The second kappa shape index (κ2) is 6.90. The van der Waals surface area contributed by atoms with Crippen molar-refractivity contribution in [3.8, 4) is 11.5 Å². The SMILES string of the molecule is NC(=S)Nc1ccc(Oc2ccc(Cl)cc2Cl)cc1S(=O)(=O)O. The van der Waals surface area contributed by atoms with Crippen LogP contribution in [0.25, 0.3) is 0 Å². The highest BCUT2D eigenvalue weighted by atomic mass is 35.5. The first-order chi connectivity index (χ1) is 10.7. The number of nitrogens with one attached hydrogen (secondary N) is 1. The van der Waals surface area contributed by atoms with Crippen LogP contribution in [0, 0.1) is 0 Å². The van der Waals surface area contributed by atoms with Gasteiger partial charge in [-0.15, -0.1) is 0 Å². The standard InChI is InChI=1S/C13H10Cl2N2O4S2/c14-7-1-4-11(9(15)5-7)21-8-2-3-10(17-13(16)22)12(6-8)23(18,19)20/h1-6H,(H3,16,17,22)(H,18,19,20). The van der Waals surface area contributed by atoms with Gasteiger partial charge in [0.25, 0.3) is 10.1 Å². The predicted molar refractivity (Wildman–Crippen MR) is 93.2 cm³/mol. The van der Waals surface area contributed by atoms with Crippen molar-refractivity contribution in [2.24, 2.45) is 5.73 Å². The van der Waals surface area contributed by atoms with Gasteiger partial charge in [-0.05, 0) is 42.5 Å². The first kappa shape index (κ1) is 17.8. The number of rotatable bonds is 4. The van der Waals surface area contributed by atoms with E-state index >= 15 is 0 Å². The van der Waals surface area contributed by atoms with Crippen molar-refractivity contribution in [3.63, 3.8) is 0 Å². The molecule has 2 aromatic rings. The largest absolute Gasteiger partial charge is 0.456 e. The van der Waals surface area contributed by atoms with Crippen LogP contribution < -0.4 is 15.8 Å². The molecule has 0 amide bonds. The average molecular weight is 393 g/mol. The third-order valence-corrected chi connectivity index (χ3v) is 4.14. The molecular weight excluding hydrogens is 383 g/mol. The zero-order valence-electron chi connectivity index (χ0n) is 11.3. The van der Waals surface area contributed by atoms with Gasteiger partial charge in [0.15, 0.2) is 5.11 Å². The van der Waals surface area contributed by atoms with Gasteiger partial charge < -0.3 is 15.8 Å². The summed E-state index contributed by atoms with van der Waals surface area (Å²) in [6.07, 6.45) is 0. The minimum Gasteiger partial charge on any atom is -0.456 e. The fourth-order valence-electron chi connectivity index (χ4n) is 1.70. The summed E-state index contributed by atoms with van der Waals surface area (Å²) in [6.45, 7) is 0. The molecule has 0 fully saturated rings. The first-order valence-electron chi connectivity index (χ1n) is 5.98. The maximum Gasteiger partial charge on any atom is 0.296 e. The molecule has 4 N–H and O–H groups in total. The van der Waals surface area contributed by atoms with Crippen LogP contribution in [-0.2, 0) is 10.1 Å². The predicted octanol–water partition coefficient (Wildman–Crippen LogP) is 3.69. The second-order valence-corrected chi connectivity index (χ2v) is 6.97. The molecule has 122 valence electrons. The molecule has 0 bridgehead atoms. The highest BCUT2D eigenvalue weighted by Gasteiger charge is 2.18. The number of benzene rings is 2. The highest BCUT2D eigenvalue weighted by molar-refractivity contribution is 7.86. The zero-order valence-corrected chi connectivity index (χ0v) is 14.4. The van der Waals surface area contributed by atoms with E-state index in [4.69, 9.17) is 33.7 Å². The number of anilines is 1. The molecule has 0 saturated carbocycles. The van der Waals surface area contributed by atoms with Crippen molar-refractivity contribution in [2.45, 2.75) is 4.90 Å². The van der Waals surface area contributed by atoms with E-state index in [1.165, 1.54) is 24.3 Å². The summed E-state index contributed by atoms with van der Waals surface area (Å²) in [5, 5.41) is 2.99. The van der Waals surface area contributed by atoms with E-state index in [-0.39, 0.29) is 27.3 Å². The van der Waals surface area contributed by atoms with Gasteiger partial charge in [0.05, 0.1) is 10.7 Å². The van der Waals surface area contributed by atoms with Crippen molar-refractivity contribution in [2.75, 3.05) is 5.32 Å². The smallest absolute Gasteiger partial charge is 0.296 e. The van der Waals surface area contributed by atoms with E-state index < -0.39 is 15.0 Å². The summed E-state index contributed by atoms with van der Waals surface area (Å²) in [7, 11) is -4.52.